The molecule has 1 fully saturated rings. The average molecular weight is 732 g/mol. The van der Waals surface area contributed by atoms with Crippen molar-refractivity contribution in [3.8, 4) is 0 Å². The molecule has 0 aromatic rings. The highest BCUT2D eigenvalue weighted by molar-refractivity contribution is 8.24. The molecule has 0 aromatic carbocycles. The summed E-state index contributed by atoms with van der Waals surface area (Å²) in [5, 5.41) is 12.3. The van der Waals surface area contributed by atoms with Crippen LogP contribution in [0.4, 0.5) is 0 Å². The monoisotopic (exact) mass is 730 g/mol. The topological polar surface area (TPSA) is 211 Å². The van der Waals surface area contributed by atoms with Gasteiger partial charge in [-0.25, -0.2) is 4.57 Å². The summed E-state index contributed by atoms with van der Waals surface area (Å²) in [6, 6.07) is 0. The van der Waals surface area contributed by atoms with Gasteiger partial charge in [0, 0.05) is 42.7 Å². The lowest BCUT2D eigenvalue weighted by Gasteiger charge is -2.05. The molecule has 0 unspecified atom stereocenters. The van der Waals surface area contributed by atoms with Gasteiger partial charge in [-0.2, -0.15) is 0 Å². The highest BCUT2D eigenvalue weighted by Crippen LogP contribution is 2.61. The highest BCUT2D eigenvalue weighted by atomic mass is 36.0. The number of halogens is 3. The largest absolute Gasteiger partial charge is 0.469 e. The number of rotatable bonds is 24. The van der Waals surface area contributed by atoms with Crippen molar-refractivity contribution in [2.45, 2.75) is 128 Å². The van der Waals surface area contributed by atoms with E-state index in [2.05, 4.69) is 58.3 Å². The molecule has 262 valence electrons. The van der Waals surface area contributed by atoms with Crippen molar-refractivity contribution in [2.75, 3.05) is 39.5 Å². The number of phosphoric acid groups is 1. The van der Waals surface area contributed by atoms with Crippen LogP contribution in [0.5, 0.6) is 0 Å². The number of hydrogen-bond donors (Lipinski definition) is 3. The normalized spacial score (nSPS) is 12.3. The first-order valence-corrected chi connectivity index (χ1v) is 21.5. The number of hydrogen-bond acceptors (Lipinski definition) is 7. The summed E-state index contributed by atoms with van der Waals surface area (Å²) < 4.78 is 29.2. The van der Waals surface area contributed by atoms with Gasteiger partial charge in [0.05, 0.1) is 6.61 Å². The Bertz CT molecular complexity index is 780. The van der Waals surface area contributed by atoms with E-state index in [1.807, 2.05) is 0 Å². The molecule has 18 heteroatoms. The Hall–Kier alpha value is -0.250. The maximum Gasteiger partial charge on any atom is 0.469 e. The number of ether oxygens (including phenoxy) is 1. The van der Waals surface area contributed by atoms with Crippen LogP contribution >= 0.6 is 46.7 Å². The Morgan fingerprint density at radius 1 is 0.636 bits per heavy atom. The molecule has 1 saturated heterocycles. The SMILES string of the molecule is C1CCOC1.O=P(Cl)(Cl)Cl.[N-]=[N+]=NCCCCCCCCCCCO.[N-]=[N+]=NCCCCCCCCCCCOP(=O)(O)O. The molecular weight excluding hydrogens is 677 g/mol. The lowest BCUT2D eigenvalue weighted by Crippen LogP contribution is -1.92. The second-order valence-corrected chi connectivity index (χ2v) is 17.9. The van der Waals surface area contributed by atoms with Gasteiger partial charge in [-0.1, -0.05) is 100 Å². The lowest BCUT2D eigenvalue weighted by atomic mass is 10.1. The molecular formula is C26H55Cl3N6O7P2. The fourth-order valence-corrected chi connectivity index (χ4v) is 4.20. The molecule has 0 spiro atoms. The smallest absolute Gasteiger partial charge is 0.396 e. The molecule has 1 aliphatic heterocycles. The van der Waals surface area contributed by atoms with Gasteiger partial charge < -0.3 is 19.6 Å². The van der Waals surface area contributed by atoms with E-state index in [1.165, 1.54) is 70.6 Å². The fraction of sp³-hybridized carbons (Fsp3) is 1.00. The van der Waals surface area contributed by atoms with Gasteiger partial charge in [0.1, 0.15) is 0 Å². The summed E-state index contributed by atoms with van der Waals surface area (Å²) in [4.78, 5) is 22.3. The standard InChI is InChI=1S/C11H24N3O4P.C11H23N3O.C4H8O.Cl3OP/c12-14-13-10-8-6-4-2-1-3-5-7-9-11-18-19(15,16)17;12-14-13-10-8-6-4-2-1-3-5-7-9-11-15;1-2-4-5-3-1;1-5(2,3)4/h1-11H2,(H2,15,16,17);15H,1-11H2;1-4H2;. The van der Waals surface area contributed by atoms with Crippen molar-refractivity contribution in [2.24, 2.45) is 10.2 Å². The van der Waals surface area contributed by atoms with Crippen LogP contribution in [0.1, 0.15) is 128 Å². The molecule has 13 nitrogen and oxygen atoms in total. The van der Waals surface area contributed by atoms with Gasteiger partial charge >= 0.3 is 13.0 Å². The second-order valence-electron chi connectivity index (χ2n) is 10.0. The van der Waals surface area contributed by atoms with Crippen molar-refractivity contribution in [3.63, 3.8) is 0 Å². The molecule has 44 heavy (non-hydrogen) atoms. The quantitative estimate of drug-likeness (QED) is 0.0287. The third-order valence-corrected chi connectivity index (χ3v) is 6.55. The van der Waals surface area contributed by atoms with Crippen molar-refractivity contribution >= 4 is 46.7 Å². The number of aliphatic hydroxyl groups excluding tert-OH is 1. The number of azide groups is 2. The Balaban J connectivity index is -0.000000588. The molecule has 0 amide bonds. The third kappa shape index (κ3) is 64.6. The summed E-state index contributed by atoms with van der Waals surface area (Å²) in [6.07, 6.45) is 22.7. The summed E-state index contributed by atoms with van der Waals surface area (Å²) in [5.41, 5.74) is 16.1. The van der Waals surface area contributed by atoms with Gasteiger partial charge in [-0.15, -0.1) is 0 Å². The Labute approximate surface area is 278 Å². The van der Waals surface area contributed by atoms with Crippen LogP contribution in [0.25, 0.3) is 20.9 Å². The van der Waals surface area contributed by atoms with Crippen LogP contribution in [0.2, 0.25) is 0 Å². The maximum absolute atomic E-state index is 10.4. The average Bonchev–Trinajstić information content (AvgIpc) is 3.54. The first-order valence-electron chi connectivity index (χ1n) is 15.6. The summed E-state index contributed by atoms with van der Waals surface area (Å²) in [6.45, 7) is 3.70. The van der Waals surface area contributed by atoms with Crippen LogP contribution in [0.15, 0.2) is 10.2 Å². The van der Waals surface area contributed by atoms with E-state index in [4.69, 9.17) is 30.7 Å². The predicted octanol–water partition coefficient (Wildman–Crippen LogP) is 11.3. The van der Waals surface area contributed by atoms with E-state index in [-0.39, 0.29) is 6.61 Å². The first kappa shape index (κ1) is 48.1. The molecule has 1 heterocycles. The Morgan fingerprint density at radius 3 is 1.23 bits per heavy atom. The zero-order valence-electron chi connectivity index (χ0n) is 26.1. The summed E-state index contributed by atoms with van der Waals surface area (Å²) in [5.74, 6) is 0. The van der Waals surface area contributed by atoms with Crippen LogP contribution in [-0.2, 0) is 18.4 Å². The maximum atomic E-state index is 10.4. The molecule has 3 N–H and O–H groups in total. The van der Waals surface area contributed by atoms with Gasteiger partial charge in [0.15, 0.2) is 0 Å². The lowest BCUT2D eigenvalue weighted by molar-refractivity contribution is 0.193. The summed E-state index contributed by atoms with van der Waals surface area (Å²) >= 11 is 13.8. The molecule has 0 aromatic heterocycles. The zero-order valence-corrected chi connectivity index (χ0v) is 30.1. The molecule has 1 aliphatic rings. The van der Waals surface area contributed by atoms with E-state index < -0.39 is 13.0 Å². The molecule has 1 rings (SSSR count). The van der Waals surface area contributed by atoms with E-state index >= 15 is 0 Å². The third-order valence-electron chi connectivity index (χ3n) is 6.03. The molecule has 0 radical (unpaired) electrons. The van der Waals surface area contributed by atoms with Crippen LogP contribution in [0.3, 0.4) is 0 Å². The van der Waals surface area contributed by atoms with Crippen LogP contribution < -0.4 is 0 Å². The van der Waals surface area contributed by atoms with Crippen molar-refractivity contribution in [1.82, 2.24) is 0 Å². The van der Waals surface area contributed by atoms with Crippen LogP contribution in [-0.4, -0.2) is 54.4 Å². The summed E-state index contributed by atoms with van der Waals surface area (Å²) in [7, 11) is -4.28. The predicted molar refractivity (Wildman–Crippen MR) is 181 cm³/mol. The highest BCUT2D eigenvalue weighted by Gasteiger charge is 2.12. The number of phosphoric ester groups is 1. The van der Waals surface area contributed by atoms with Gasteiger partial charge in [-0.05, 0) is 83.3 Å². The first-order chi connectivity index (χ1) is 21.0. The Kier molecular flexibility index (Phi) is 42.6. The van der Waals surface area contributed by atoms with Crippen LogP contribution in [0, 0.1) is 0 Å². The van der Waals surface area contributed by atoms with E-state index in [1.54, 1.807) is 0 Å². The van der Waals surface area contributed by atoms with Crippen molar-refractivity contribution in [3.05, 3.63) is 20.9 Å². The van der Waals surface area contributed by atoms with Gasteiger partial charge in [-0.3, -0.25) is 9.09 Å². The van der Waals surface area contributed by atoms with E-state index in [9.17, 15) is 9.13 Å². The number of nitrogens with zero attached hydrogens (tertiary/aromatic N) is 6. The molecule has 0 atom stereocenters. The van der Waals surface area contributed by atoms with Gasteiger partial charge in [0.2, 0.25) is 0 Å². The number of aliphatic hydroxyl groups is 1. The second kappa shape index (κ2) is 38.9. The van der Waals surface area contributed by atoms with E-state index in [0.717, 1.165) is 64.6 Å². The molecule has 0 saturated carbocycles. The molecule has 0 aliphatic carbocycles. The Morgan fingerprint density at radius 2 is 0.955 bits per heavy atom. The minimum atomic E-state index is -4.28. The van der Waals surface area contributed by atoms with Gasteiger partial charge in [0.25, 0.3) is 0 Å². The van der Waals surface area contributed by atoms with E-state index in [0.29, 0.717) is 26.1 Å². The number of unbranched alkanes of at least 4 members (excludes halogenated alkanes) is 16. The zero-order chi connectivity index (χ0) is 33.6. The van der Waals surface area contributed by atoms with Crippen molar-refractivity contribution in [1.29, 1.82) is 0 Å². The minimum absolute atomic E-state index is 0.129. The minimum Gasteiger partial charge on any atom is -0.396 e. The molecule has 0 bridgehead atoms. The van der Waals surface area contributed by atoms with Crippen molar-refractivity contribution < 1.29 is 33.3 Å². The fourth-order valence-electron chi connectivity index (χ4n) is 3.84.